The van der Waals surface area contributed by atoms with E-state index in [1.54, 1.807) is 6.07 Å². The van der Waals surface area contributed by atoms with Gasteiger partial charge in [0.05, 0.1) is 0 Å². The number of hydrogen-bond acceptors (Lipinski definition) is 3. The quantitative estimate of drug-likeness (QED) is 0.721. The molecule has 1 aromatic rings. The van der Waals surface area contributed by atoms with Crippen LogP contribution in [-0.4, -0.2) is 25.6 Å². The molecule has 0 aliphatic carbocycles. The fourth-order valence-electron chi connectivity index (χ4n) is 1.69. The lowest BCUT2D eigenvalue weighted by atomic mass is 10.1. The first kappa shape index (κ1) is 16.4. The molecule has 1 unspecified atom stereocenters. The number of ether oxygens (including phenoxy) is 1. The van der Waals surface area contributed by atoms with Crippen molar-refractivity contribution in [3.63, 3.8) is 0 Å². The molecule has 0 fully saturated rings. The fourth-order valence-corrected chi connectivity index (χ4v) is 1.69. The maximum atomic E-state index is 12.1. The predicted octanol–water partition coefficient (Wildman–Crippen LogP) is 2.39. The Labute approximate surface area is 117 Å². The lowest BCUT2D eigenvalue weighted by Gasteiger charge is -2.10. The van der Waals surface area contributed by atoms with Crippen LogP contribution in [0.5, 0.6) is 5.75 Å². The molecule has 0 aliphatic heterocycles. The molecule has 1 aromatic carbocycles. The van der Waals surface area contributed by atoms with Gasteiger partial charge in [0.15, 0.2) is 0 Å². The molecule has 0 heterocycles. The van der Waals surface area contributed by atoms with Gasteiger partial charge in [0.2, 0.25) is 0 Å². The first-order valence-electron chi connectivity index (χ1n) is 6.56. The van der Waals surface area contributed by atoms with Crippen molar-refractivity contribution in [2.75, 3.05) is 13.1 Å². The molecule has 0 saturated carbocycles. The second-order valence-corrected chi connectivity index (χ2v) is 4.65. The third-order valence-electron chi connectivity index (χ3n) is 2.88. The van der Waals surface area contributed by atoms with E-state index < -0.39 is 6.61 Å². The van der Waals surface area contributed by atoms with Crippen molar-refractivity contribution in [3.8, 4) is 5.75 Å². The lowest BCUT2D eigenvalue weighted by Crippen LogP contribution is -2.25. The second kappa shape index (κ2) is 8.47. The molecule has 0 aliphatic rings. The Morgan fingerprint density at radius 1 is 1.45 bits per heavy atom. The van der Waals surface area contributed by atoms with Gasteiger partial charge in [0.25, 0.3) is 5.91 Å². The van der Waals surface area contributed by atoms with Crippen LogP contribution < -0.4 is 15.8 Å². The van der Waals surface area contributed by atoms with Gasteiger partial charge in [-0.2, -0.15) is 8.78 Å². The maximum absolute atomic E-state index is 12.1. The van der Waals surface area contributed by atoms with E-state index in [1.807, 2.05) is 6.92 Å². The number of benzene rings is 1. The topological polar surface area (TPSA) is 64.3 Å². The van der Waals surface area contributed by atoms with Crippen molar-refractivity contribution in [2.45, 2.75) is 26.4 Å². The molecular weight excluding hydrogens is 266 g/mol. The van der Waals surface area contributed by atoms with Gasteiger partial charge in [0.1, 0.15) is 5.75 Å². The van der Waals surface area contributed by atoms with Gasteiger partial charge in [-0.25, -0.2) is 0 Å². The van der Waals surface area contributed by atoms with Crippen LogP contribution in [0.3, 0.4) is 0 Å². The zero-order valence-electron chi connectivity index (χ0n) is 11.4. The van der Waals surface area contributed by atoms with Crippen LogP contribution in [0.1, 0.15) is 30.1 Å². The Bertz CT molecular complexity index is 427. The minimum absolute atomic E-state index is 0.0237. The van der Waals surface area contributed by atoms with Crippen LogP contribution in [0.25, 0.3) is 0 Å². The van der Waals surface area contributed by atoms with E-state index in [1.165, 1.54) is 18.2 Å². The van der Waals surface area contributed by atoms with Crippen molar-refractivity contribution in [1.29, 1.82) is 0 Å². The molecule has 0 saturated heterocycles. The summed E-state index contributed by atoms with van der Waals surface area (Å²) >= 11 is 0. The zero-order chi connectivity index (χ0) is 15.0. The molecule has 0 radical (unpaired) electrons. The van der Waals surface area contributed by atoms with E-state index in [0.717, 1.165) is 12.8 Å². The van der Waals surface area contributed by atoms with Crippen LogP contribution in [-0.2, 0) is 0 Å². The lowest BCUT2D eigenvalue weighted by molar-refractivity contribution is -0.0498. The molecule has 0 spiro atoms. The predicted molar refractivity (Wildman–Crippen MR) is 72.9 cm³/mol. The number of hydrogen-bond donors (Lipinski definition) is 2. The van der Waals surface area contributed by atoms with Gasteiger partial charge in [-0.15, -0.1) is 0 Å². The summed E-state index contributed by atoms with van der Waals surface area (Å²) in [7, 11) is 0. The number of nitrogens with two attached hydrogens (primary N) is 1. The van der Waals surface area contributed by atoms with Crippen LogP contribution in [0.15, 0.2) is 24.3 Å². The van der Waals surface area contributed by atoms with Gasteiger partial charge in [-0.3, -0.25) is 4.79 Å². The highest BCUT2D eigenvalue weighted by atomic mass is 19.3. The SMILES string of the molecule is CC(CN)CCCNC(=O)c1cccc(OC(F)F)c1. The smallest absolute Gasteiger partial charge is 0.387 e. The minimum Gasteiger partial charge on any atom is -0.435 e. The minimum atomic E-state index is -2.90. The maximum Gasteiger partial charge on any atom is 0.387 e. The highest BCUT2D eigenvalue weighted by Gasteiger charge is 2.09. The van der Waals surface area contributed by atoms with Gasteiger partial charge in [-0.1, -0.05) is 13.0 Å². The number of rotatable bonds is 8. The first-order valence-corrected chi connectivity index (χ1v) is 6.56. The van der Waals surface area contributed by atoms with E-state index in [2.05, 4.69) is 10.1 Å². The third-order valence-corrected chi connectivity index (χ3v) is 2.88. The summed E-state index contributed by atoms with van der Waals surface area (Å²) in [6.07, 6.45) is 1.77. The highest BCUT2D eigenvalue weighted by molar-refractivity contribution is 5.94. The highest BCUT2D eigenvalue weighted by Crippen LogP contribution is 2.15. The molecule has 112 valence electrons. The molecule has 20 heavy (non-hydrogen) atoms. The van der Waals surface area contributed by atoms with Gasteiger partial charge >= 0.3 is 6.61 Å². The Morgan fingerprint density at radius 2 is 2.20 bits per heavy atom. The molecular formula is C14H20F2N2O2. The Morgan fingerprint density at radius 3 is 2.85 bits per heavy atom. The van der Waals surface area contributed by atoms with Crippen LogP contribution >= 0.6 is 0 Å². The Kier molecular flexibility index (Phi) is 6.93. The first-order chi connectivity index (χ1) is 9.52. The summed E-state index contributed by atoms with van der Waals surface area (Å²) in [6.45, 7) is 0.308. The van der Waals surface area contributed by atoms with E-state index in [0.29, 0.717) is 24.6 Å². The van der Waals surface area contributed by atoms with Crippen LogP contribution in [0.4, 0.5) is 8.78 Å². The molecule has 4 nitrogen and oxygen atoms in total. The van der Waals surface area contributed by atoms with Gasteiger partial charge in [0, 0.05) is 12.1 Å². The van der Waals surface area contributed by atoms with Gasteiger partial charge in [-0.05, 0) is 43.5 Å². The summed E-state index contributed by atoms with van der Waals surface area (Å²) < 4.78 is 28.4. The Balaban J connectivity index is 2.43. The fraction of sp³-hybridized carbons (Fsp3) is 0.500. The summed E-state index contributed by atoms with van der Waals surface area (Å²) in [5, 5.41) is 2.74. The van der Waals surface area contributed by atoms with Gasteiger partial charge < -0.3 is 15.8 Å². The summed E-state index contributed by atoms with van der Waals surface area (Å²) in [5.41, 5.74) is 5.80. The average Bonchev–Trinajstić information content (AvgIpc) is 2.42. The Hall–Kier alpha value is -1.69. The molecule has 1 amide bonds. The van der Waals surface area contributed by atoms with Crippen molar-refractivity contribution in [3.05, 3.63) is 29.8 Å². The number of carbonyl (C=O) groups excluding carboxylic acids is 1. The molecule has 6 heteroatoms. The standard InChI is InChI=1S/C14H20F2N2O2/c1-10(9-17)4-3-7-18-13(19)11-5-2-6-12(8-11)20-14(15)16/h2,5-6,8,10,14H,3-4,7,9,17H2,1H3,(H,18,19). The van der Waals surface area contributed by atoms with E-state index in [9.17, 15) is 13.6 Å². The van der Waals surface area contributed by atoms with E-state index in [4.69, 9.17) is 5.73 Å². The summed E-state index contributed by atoms with van der Waals surface area (Å²) in [5.74, 6) is 0.101. The molecule has 1 atom stereocenters. The number of alkyl halides is 2. The molecule has 3 N–H and O–H groups in total. The monoisotopic (exact) mass is 286 g/mol. The van der Waals surface area contributed by atoms with Crippen LogP contribution in [0.2, 0.25) is 0 Å². The number of nitrogens with one attached hydrogen (secondary N) is 1. The van der Waals surface area contributed by atoms with Crippen molar-refractivity contribution in [1.82, 2.24) is 5.32 Å². The molecule has 1 rings (SSSR count). The van der Waals surface area contributed by atoms with E-state index >= 15 is 0 Å². The molecule has 0 aromatic heterocycles. The van der Waals surface area contributed by atoms with Crippen molar-refractivity contribution < 1.29 is 18.3 Å². The van der Waals surface area contributed by atoms with Crippen molar-refractivity contribution >= 4 is 5.91 Å². The summed E-state index contributed by atoms with van der Waals surface area (Å²) in [6, 6.07) is 5.73. The third kappa shape index (κ3) is 5.97. The number of carbonyl (C=O) groups is 1. The second-order valence-electron chi connectivity index (χ2n) is 4.65. The van der Waals surface area contributed by atoms with E-state index in [-0.39, 0.29) is 11.7 Å². The zero-order valence-corrected chi connectivity index (χ0v) is 11.4. The van der Waals surface area contributed by atoms with Crippen molar-refractivity contribution in [2.24, 2.45) is 11.7 Å². The molecule has 0 bridgehead atoms. The normalized spacial score (nSPS) is 12.2. The van der Waals surface area contributed by atoms with Crippen LogP contribution in [0, 0.1) is 5.92 Å². The summed E-state index contributed by atoms with van der Waals surface area (Å²) in [4.78, 5) is 11.8. The average molecular weight is 286 g/mol. The number of halogens is 2. The largest absolute Gasteiger partial charge is 0.435 e. The number of amides is 1.